The van der Waals surface area contributed by atoms with Gasteiger partial charge in [0.05, 0.1) is 29.1 Å². The number of phosphoric ester groups is 1. The highest BCUT2D eigenvalue weighted by molar-refractivity contribution is 7.91. The molecule has 16 nitrogen and oxygen atoms in total. The van der Waals surface area contributed by atoms with Crippen molar-refractivity contribution < 1.29 is 58.8 Å². The van der Waals surface area contributed by atoms with Crippen LogP contribution in [0.4, 0.5) is 5.69 Å². The molecule has 0 fully saturated rings. The molecule has 1 unspecified atom stereocenters. The third kappa shape index (κ3) is 23.6. The molecular formula is C61H97N3O13PS2+. The molecule has 450 valence electrons. The summed E-state index contributed by atoms with van der Waals surface area (Å²) >= 11 is 0. The average Bonchev–Trinajstić information content (AvgIpc) is 3.63. The fourth-order valence-electron chi connectivity index (χ4n) is 10.0. The molecule has 1 aliphatic heterocycles. The summed E-state index contributed by atoms with van der Waals surface area (Å²) in [4.78, 5) is 38.0. The summed E-state index contributed by atoms with van der Waals surface area (Å²) in [5, 5.41) is 1.56. The van der Waals surface area contributed by atoms with E-state index in [1.54, 1.807) is 0 Å². The average molecular weight is 1180 g/mol. The highest BCUT2D eigenvalue weighted by atomic mass is 32.2. The molecule has 0 saturated carbocycles. The lowest BCUT2D eigenvalue weighted by molar-refractivity contribution is -0.161. The molecule has 19 heteroatoms. The Kier molecular flexibility index (Phi) is 31.1. The van der Waals surface area contributed by atoms with Crippen molar-refractivity contribution in [3.05, 3.63) is 60.0 Å². The van der Waals surface area contributed by atoms with Gasteiger partial charge in [0, 0.05) is 78.6 Å². The number of ether oxygens (including phenoxy) is 2. The fraction of sp³-hybridized carbons (Fsp3) is 0.656. The smallest absolute Gasteiger partial charge is 0.462 e. The molecule has 2 aliphatic rings. The van der Waals surface area contributed by atoms with Crippen LogP contribution in [0.5, 0.6) is 0 Å². The summed E-state index contributed by atoms with van der Waals surface area (Å²) in [6.07, 6.45) is 24.8. The van der Waals surface area contributed by atoms with E-state index in [0.29, 0.717) is 40.7 Å². The zero-order chi connectivity index (χ0) is 58.4. The Morgan fingerprint density at radius 1 is 0.650 bits per heavy atom. The van der Waals surface area contributed by atoms with Crippen molar-refractivity contribution in [1.82, 2.24) is 9.30 Å². The number of carbonyl (C=O) groups is 2. The van der Waals surface area contributed by atoms with Crippen molar-refractivity contribution in [1.29, 1.82) is 0 Å². The van der Waals surface area contributed by atoms with Gasteiger partial charge < -0.3 is 23.7 Å². The Hall–Kier alpha value is -4.16. The van der Waals surface area contributed by atoms with Crippen LogP contribution in [0.25, 0.3) is 33.4 Å². The number of carbonyl (C=O) groups excluding carboxylic acids is 2. The molecule has 0 aromatic heterocycles. The molecule has 0 amide bonds. The van der Waals surface area contributed by atoms with Gasteiger partial charge in [-0.1, -0.05) is 148 Å². The van der Waals surface area contributed by atoms with E-state index in [1.165, 1.54) is 95.6 Å². The van der Waals surface area contributed by atoms with Crippen molar-refractivity contribution in [3.63, 3.8) is 0 Å². The van der Waals surface area contributed by atoms with Crippen LogP contribution in [-0.2, 0) is 52.5 Å². The minimum Gasteiger partial charge on any atom is -0.462 e. The van der Waals surface area contributed by atoms with Crippen LogP contribution in [-0.4, -0.2) is 98.6 Å². The van der Waals surface area contributed by atoms with Crippen LogP contribution in [0.15, 0.2) is 68.8 Å². The zero-order valence-corrected chi connectivity index (χ0v) is 51.9. The van der Waals surface area contributed by atoms with Gasteiger partial charge in [0.15, 0.2) is 15.9 Å². The first-order valence-electron chi connectivity index (χ1n) is 30.1. The molecule has 2 atom stereocenters. The number of rotatable bonds is 43. The molecule has 0 radical (unpaired) electrons. The summed E-state index contributed by atoms with van der Waals surface area (Å²) in [6.45, 7) is 13.5. The Bertz CT molecular complexity index is 2810. The Morgan fingerprint density at radius 3 is 1.73 bits per heavy atom. The molecule has 1 aliphatic carbocycles. The van der Waals surface area contributed by atoms with Gasteiger partial charge in [0.25, 0.3) is 0 Å². The van der Waals surface area contributed by atoms with Gasteiger partial charge in [-0.3, -0.25) is 18.6 Å². The van der Waals surface area contributed by atoms with E-state index in [0.717, 1.165) is 94.5 Å². The second-order valence-electron chi connectivity index (χ2n) is 21.0. The van der Waals surface area contributed by atoms with Gasteiger partial charge >= 0.3 is 19.8 Å². The third-order valence-electron chi connectivity index (χ3n) is 14.6. The minimum atomic E-state index is -4.88. The number of fused-ring (bicyclic) bond motifs is 2. The van der Waals surface area contributed by atoms with Gasteiger partial charge in [0.1, 0.15) is 31.0 Å². The number of esters is 2. The van der Waals surface area contributed by atoms with Crippen LogP contribution in [0, 0.1) is 0 Å². The van der Waals surface area contributed by atoms with Crippen LogP contribution >= 0.6 is 7.82 Å². The first-order valence-corrected chi connectivity index (χ1v) is 34.9. The number of nitrogens with zero attached hydrogens (tertiary/aromatic N) is 2. The maximum atomic E-state index is 13.8. The topological polar surface area (TPSA) is 208 Å². The summed E-state index contributed by atoms with van der Waals surface area (Å²) in [7, 11) is -13.4. The maximum absolute atomic E-state index is 13.8. The lowest BCUT2D eigenvalue weighted by atomic mass is 9.93. The quantitative estimate of drug-likeness (QED) is 0.0139. The van der Waals surface area contributed by atoms with Gasteiger partial charge in [-0.25, -0.2) is 30.7 Å². The van der Waals surface area contributed by atoms with Crippen LogP contribution in [0.3, 0.4) is 0 Å². The summed E-state index contributed by atoms with van der Waals surface area (Å²) in [6, 6.07) is 15.5. The predicted molar refractivity (Wildman–Crippen MR) is 321 cm³/mol. The van der Waals surface area contributed by atoms with E-state index in [2.05, 4.69) is 55.7 Å². The monoisotopic (exact) mass is 1170 g/mol. The minimum absolute atomic E-state index is 0.119. The zero-order valence-electron chi connectivity index (χ0n) is 49.4. The Morgan fingerprint density at radius 2 is 1.19 bits per heavy atom. The number of anilines is 1. The second kappa shape index (κ2) is 36.4. The van der Waals surface area contributed by atoms with E-state index in [4.69, 9.17) is 22.9 Å². The van der Waals surface area contributed by atoms with Crippen LogP contribution in [0.1, 0.15) is 196 Å². The first kappa shape index (κ1) is 68.3. The highest BCUT2D eigenvalue weighted by Crippen LogP contribution is 2.45. The lowest BCUT2D eigenvalue weighted by Crippen LogP contribution is -2.30. The number of unbranched alkanes of at least 4 members (excludes halogenated alkanes) is 20. The SMILES string of the molecule is CCCCCCCCCCCCCC(=O)OC[C@H](COP(=O)(O)OCCNS(=O)(=O)c1ccc(-c2c3ccc(=[N+](CC)CC)cc-3oc3cc(N(CC)CC)ccc23)c(S(C)(=O)=O)c1)OC(=O)CCCCCCCCCCCCC. The molecule has 0 spiro atoms. The van der Waals surface area contributed by atoms with Gasteiger partial charge in [0.2, 0.25) is 15.4 Å². The number of benzene rings is 3. The van der Waals surface area contributed by atoms with Gasteiger partial charge in [-0.15, -0.1) is 0 Å². The molecule has 2 N–H and O–H groups in total. The summed E-state index contributed by atoms with van der Waals surface area (Å²) < 4.78 is 101. The van der Waals surface area contributed by atoms with Crippen molar-refractivity contribution in [2.75, 3.05) is 63.7 Å². The van der Waals surface area contributed by atoms with Crippen LogP contribution in [0.2, 0.25) is 0 Å². The summed E-state index contributed by atoms with van der Waals surface area (Å²) in [5.74, 6) is -0.509. The van der Waals surface area contributed by atoms with E-state index < -0.39 is 72.1 Å². The number of nitrogens with one attached hydrogen (secondary N) is 1. The van der Waals surface area contributed by atoms with E-state index in [-0.39, 0.29) is 28.2 Å². The molecule has 1 heterocycles. The van der Waals surface area contributed by atoms with Crippen molar-refractivity contribution in [3.8, 4) is 22.5 Å². The third-order valence-corrected chi connectivity index (χ3v) is 18.2. The standard InChI is InChI=1S/C61H96N3O13PS2/c1-8-14-16-18-20-22-24-26-28-30-32-34-59(65)73-47-51(76-60(66)35-33-31-29-27-25-23-21-19-17-15-9-2)48-75-78(67,68)74-43-42-62-80(71,72)52-38-41-55(58(46-52)79(7,69)70)61-53-39-36-49(63(10-3)11-4)44-56(53)77-57-45-50(37-40-54(57)61)64(12-5)13-6/h36-41,44-46,51,62H,8-35,42-43,47-48H2,1-7H3/p+1/t51-/m1/s1. The Labute approximate surface area is 479 Å². The molecule has 80 heavy (non-hydrogen) atoms. The normalized spacial score (nSPS) is 13.2. The lowest BCUT2D eigenvalue weighted by Gasteiger charge is -2.23. The highest BCUT2D eigenvalue weighted by Gasteiger charge is 2.29. The number of hydrogen-bond acceptors (Lipinski definition) is 13. The maximum Gasteiger partial charge on any atom is 0.472 e. The molecule has 2 aromatic rings. The Balaban J connectivity index is 1.41. The summed E-state index contributed by atoms with van der Waals surface area (Å²) in [5.41, 5.74) is 2.92. The van der Waals surface area contributed by atoms with Crippen molar-refractivity contribution >= 4 is 56.3 Å². The first-order chi connectivity index (χ1) is 38.4. The second-order valence-corrected chi connectivity index (χ2v) is 26.2. The number of phosphoric acid groups is 1. The van der Waals surface area contributed by atoms with E-state index >= 15 is 0 Å². The van der Waals surface area contributed by atoms with Crippen molar-refractivity contribution in [2.45, 2.75) is 212 Å². The largest absolute Gasteiger partial charge is 0.472 e. The van der Waals surface area contributed by atoms with Crippen molar-refractivity contribution in [2.24, 2.45) is 0 Å². The molecule has 0 saturated heterocycles. The molecule has 2 aromatic carbocycles. The molecule has 4 rings (SSSR count). The number of hydrogen-bond donors (Lipinski definition) is 2. The fourth-order valence-corrected chi connectivity index (χ4v) is 12.8. The van der Waals surface area contributed by atoms with Crippen LogP contribution < -0.4 is 19.6 Å². The number of sulfone groups is 1. The van der Waals surface area contributed by atoms with E-state index in [9.17, 15) is 35.9 Å². The van der Waals surface area contributed by atoms with E-state index in [1.807, 2.05) is 36.4 Å². The van der Waals surface area contributed by atoms with Gasteiger partial charge in [-0.05, 0) is 70.9 Å². The molecular weight excluding hydrogens is 1080 g/mol. The van der Waals surface area contributed by atoms with Gasteiger partial charge in [-0.2, -0.15) is 0 Å². The molecule has 0 bridgehead atoms. The predicted octanol–water partition coefficient (Wildman–Crippen LogP) is 13.5. The number of sulfonamides is 1.